The Bertz CT molecular complexity index is 399. The van der Waals surface area contributed by atoms with Crippen LogP contribution in [0.15, 0.2) is 16.6 Å². The molecular weight excluding hydrogens is 383 g/mol. The maximum Gasteiger partial charge on any atom is 0.338 e. The Balaban J connectivity index is 3.02. The van der Waals surface area contributed by atoms with Gasteiger partial charge in [-0.3, -0.25) is 0 Å². The van der Waals surface area contributed by atoms with E-state index in [-0.39, 0.29) is 5.97 Å². The molecule has 16 heavy (non-hydrogen) atoms. The molecule has 0 aliphatic carbocycles. The number of hydrogen-bond donors (Lipinski definition) is 0. The molecule has 0 bridgehead atoms. The van der Waals surface area contributed by atoms with E-state index in [2.05, 4.69) is 38.5 Å². The molecule has 1 aromatic rings. The summed E-state index contributed by atoms with van der Waals surface area (Å²) in [6, 6.07) is 3.64. The smallest absolute Gasteiger partial charge is 0.338 e. The largest absolute Gasteiger partial charge is 0.456 e. The van der Waals surface area contributed by atoms with Crippen molar-refractivity contribution in [3.05, 3.63) is 31.3 Å². The number of halogens is 2. The van der Waals surface area contributed by atoms with Gasteiger partial charge in [0, 0.05) is 8.04 Å². The van der Waals surface area contributed by atoms with Crippen LogP contribution in [0.4, 0.5) is 0 Å². The van der Waals surface area contributed by atoms with Crippen LogP contribution >= 0.6 is 38.5 Å². The monoisotopic (exact) mass is 396 g/mol. The van der Waals surface area contributed by atoms with E-state index >= 15 is 0 Å². The fourth-order valence-corrected chi connectivity index (χ4v) is 2.05. The molecule has 0 amide bonds. The summed E-state index contributed by atoms with van der Waals surface area (Å²) >= 11 is 5.67. The Kier molecular flexibility index (Phi) is 4.40. The van der Waals surface area contributed by atoms with E-state index in [0.717, 1.165) is 13.6 Å². The number of carbonyl (C=O) groups excluding carboxylic acids is 1. The molecule has 0 aromatic heterocycles. The van der Waals surface area contributed by atoms with E-state index in [1.807, 2.05) is 33.8 Å². The first kappa shape index (κ1) is 14.0. The normalized spacial score (nSPS) is 11.4. The van der Waals surface area contributed by atoms with E-state index in [0.29, 0.717) is 5.56 Å². The molecule has 0 atom stereocenters. The van der Waals surface area contributed by atoms with Crippen LogP contribution in [0.5, 0.6) is 0 Å². The number of aryl methyl sites for hydroxylation is 1. The second-order valence-electron chi connectivity index (χ2n) is 4.59. The fraction of sp³-hybridized carbons (Fsp3) is 0.417. The van der Waals surface area contributed by atoms with Crippen LogP contribution < -0.4 is 0 Å². The minimum absolute atomic E-state index is 0.285. The molecule has 88 valence electrons. The molecule has 0 saturated carbocycles. The molecule has 0 N–H and O–H groups in total. The van der Waals surface area contributed by atoms with Crippen molar-refractivity contribution in [2.24, 2.45) is 0 Å². The minimum atomic E-state index is -0.458. The van der Waals surface area contributed by atoms with E-state index in [9.17, 15) is 4.79 Å². The van der Waals surface area contributed by atoms with Gasteiger partial charge in [0.25, 0.3) is 0 Å². The summed E-state index contributed by atoms with van der Waals surface area (Å²) in [7, 11) is 0. The summed E-state index contributed by atoms with van der Waals surface area (Å²) in [5, 5.41) is 0. The van der Waals surface area contributed by atoms with Crippen LogP contribution in [0.2, 0.25) is 0 Å². The second kappa shape index (κ2) is 5.04. The first-order valence-corrected chi connectivity index (χ1v) is 6.77. The first-order valence-electron chi connectivity index (χ1n) is 4.90. The van der Waals surface area contributed by atoms with Crippen molar-refractivity contribution >= 4 is 44.5 Å². The van der Waals surface area contributed by atoms with Crippen molar-refractivity contribution in [2.45, 2.75) is 33.3 Å². The lowest BCUT2D eigenvalue weighted by Gasteiger charge is -2.19. The average Bonchev–Trinajstić information content (AvgIpc) is 2.10. The van der Waals surface area contributed by atoms with Gasteiger partial charge in [-0.05, 0) is 83.9 Å². The molecule has 4 heteroatoms. The number of esters is 1. The molecule has 0 heterocycles. The summed E-state index contributed by atoms with van der Waals surface area (Å²) < 4.78 is 7.35. The van der Waals surface area contributed by atoms with Crippen molar-refractivity contribution in [3.8, 4) is 0 Å². The van der Waals surface area contributed by atoms with Crippen molar-refractivity contribution in [2.75, 3.05) is 0 Å². The molecule has 0 radical (unpaired) electrons. The van der Waals surface area contributed by atoms with Crippen LogP contribution in [0.3, 0.4) is 0 Å². The lowest BCUT2D eigenvalue weighted by Crippen LogP contribution is -2.24. The first-order chi connectivity index (χ1) is 7.20. The molecule has 1 aromatic carbocycles. The maximum absolute atomic E-state index is 11.8. The van der Waals surface area contributed by atoms with Gasteiger partial charge in [0.15, 0.2) is 0 Å². The molecular formula is C12H14BrIO2. The van der Waals surface area contributed by atoms with Crippen molar-refractivity contribution < 1.29 is 9.53 Å². The Morgan fingerprint density at radius 2 is 1.94 bits per heavy atom. The van der Waals surface area contributed by atoms with Gasteiger partial charge in [-0.25, -0.2) is 4.79 Å². The van der Waals surface area contributed by atoms with Gasteiger partial charge in [0.05, 0.1) is 5.56 Å². The van der Waals surface area contributed by atoms with Gasteiger partial charge in [-0.15, -0.1) is 0 Å². The Morgan fingerprint density at radius 1 is 1.38 bits per heavy atom. The third kappa shape index (κ3) is 3.73. The number of benzene rings is 1. The van der Waals surface area contributed by atoms with E-state index in [1.54, 1.807) is 6.07 Å². The summed E-state index contributed by atoms with van der Waals surface area (Å²) in [6.07, 6.45) is 0. The van der Waals surface area contributed by atoms with E-state index < -0.39 is 5.60 Å². The molecule has 0 unspecified atom stereocenters. The zero-order chi connectivity index (χ0) is 12.5. The summed E-state index contributed by atoms with van der Waals surface area (Å²) in [4.78, 5) is 11.8. The van der Waals surface area contributed by atoms with Crippen molar-refractivity contribution in [1.29, 1.82) is 0 Å². The molecule has 0 fully saturated rings. The van der Waals surface area contributed by atoms with Gasteiger partial charge in [-0.2, -0.15) is 0 Å². The third-order valence-corrected chi connectivity index (χ3v) is 4.64. The second-order valence-corrected chi connectivity index (χ2v) is 6.52. The number of rotatable bonds is 1. The maximum atomic E-state index is 11.8. The molecule has 2 nitrogen and oxygen atoms in total. The lowest BCUT2D eigenvalue weighted by atomic mass is 10.1. The Hall–Kier alpha value is -0.1000. The number of ether oxygens (including phenoxy) is 1. The zero-order valence-corrected chi connectivity index (χ0v) is 13.5. The highest BCUT2D eigenvalue weighted by atomic mass is 127. The van der Waals surface area contributed by atoms with Gasteiger partial charge in [-0.1, -0.05) is 0 Å². The fourth-order valence-electron chi connectivity index (χ4n) is 1.18. The molecule has 0 aliphatic heterocycles. The average molecular weight is 397 g/mol. The highest BCUT2D eigenvalue weighted by Gasteiger charge is 2.19. The quantitative estimate of drug-likeness (QED) is 0.522. The highest BCUT2D eigenvalue weighted by Crippen LogP contribution is 2.25. The molecule has 0 saturated heterocycles. The Morgan fingerprint density at radius 3 is 2.38 bits per heavy atom. The van der Waals surface area contributed by atoms with Gasteiger partial charge >= 0.3 is 5.97 Å². The standard InChI is InChI=1S/C12H14BrIO2/c1-7-5-8(6-9(13)10(7)14)11(15)16-12(2,3)4/h5-6H,1-4H3. The lowest BCUT2D eigenvalue weighted by molar-refractivity contribution is 0.00693. The van der Waals surface area contributed by atoms with Crippen molar-refractivity contribution in [1.82, 2.24) is 0 Å². The van der Waals surface area contributed by atoms with Gasteiger partial charge in [0.2, 0.25) is 0 Å². The van der Waals surface area contributed by atoms with Crippen LogP contribution in [-0.2, 0) is 4.74 Å². The summed E-state index contributed by atoms with van der Waals surface area (Å²) in [6.45, 7) is 7.55. The topological polar surface area (TPSA) is 26.3 Å². The van der Waals surface area contributed by atoms with Crippen LogP contribution in [-0.4, -0.2) is 11.6 Å². The predicted octanol–water partition coefficient (Wildman–Crippen LogP) is 4.32. The summed E-state index contributed by atoms with van der Waals surface area (Å²) in [5.41, 5.74) is 1.19. The van der Waals surface area contributed by atoms with Crippen molar-refractivity contribution in [3.63, 3.8) is 0 Å². The molecule has 0 aliphatic rings. The zero-order valence-electron chi connectivity index (χ0n) is 9.73. The van der Waals surface area contributed by atoms with Crippen LogP contribution in [0, 0.1) is 10.5 Å². The predicted molar refractivity (Wildman–Crippen MR) is 76.8 cm³/mol. The SMILES string of the molecule is Cc1cc(C(=O)OC(C)(C)C)cc(Br)c1I. The van der Waals surface area contributed by atoms with Crippen LogP contribution in [0.1, 0.15) is 36.7 Å². The highest BCUT2D eigenvalue weighted by molar-refractivity contribution is 14.1. The molecule has 1 rings (SSSR count). The van der Waals surface area contributed by atoms with E-state index in [4.69, 9.17) is 4.74 Å². The van der Waals surface area contributed by atoms with Gasteiger partial charge in [0.1, 0.15) is 5.60 Å². The van der Waals surface area contributed by atoms with Gasteiger partial charge < -0.3 is 4.74 Å². The minimum Gasteiger partial charge on any atom is -0.456 e. The number of carbonyl (C=O) groups is 1. The van der Waals surface area contributed by atoms with E-state index in [1.165, 1.54) is 0 Å². The third-order valence-electron chi connectivity index (χ3n) is 1.84. The Labute approximate surface area is 118 Å². The molecule has 0 spiro atoms. The number of hydrogen-bond acceptors (Lipinski definition) is 2. The van der Waals surface area contributed by atoms with Crippen LogP contribution in [0.25, 0.3) is 0 Å². The summed E-state index contributed by atoms with van der Waals surface area (Å²) in [5.74, 6) is -0.285.